The molecule has 0 bridgehead atoms. The van der Waals surface area contributed by atoms with E-state index < -0.39 is 11.9 Å². The Morgan fingerprint density at radius 1 is 1.24 bits per heavy atom. The predicted molar refractivity (Wildman–Crippen MR) is 90.8 cm³/mol. The van der Waals surface area contributed by atoms with Gasteiger partial charge in [-0.3, -0.25) is 0 Å². The van der Waals surface area contributed by atoms with E-state index in [9.17, 15) is 13.6 Å². The highest BCUT2D eigenvalue weighted by atomic mass is 35.5. The first-order valence-electron chi connectivity index (χ1n) is 7.77. The Bertz CT molecular complexity index is 811. The first-order chi connectivity index (χ1) is 11.9. The van der Waals surface area contributed by atoms with Crippen molar-refractivity contribution in [2.45, 2.75) is 25.4 Å². The summed E-state index contributed by atoms with van der Waals surface area (Å²) in [6.07, 6.45) is -0.142. The molecule has 4 nitrogen and oxygen atoms in total. The molecule has 1 aliphatic rings. The molecular weight excluding hydrogens is 352 g/mol. The molecule has 0 radical (unpaired) electrons. The van der Waals surface area contributed by atoms with E-state index in [2.05, 4.69) is 5.32 Å². The lowest BCUT2D eigenvalue weighted by atomic mass is 9.98. The standard InChI is InChI=1S/C18H16ClF2NO3/c19-13-4-2-12-10-25-16-5-3-11(17(23)24)8-15(16)22-7-1-6-18(20,21)14(12)9-13/h2-5,8-9,22H,1,6-7,10H2,(H,23,24). The zero-order valence-corrected chi connectivity index (χ0v) is 13.9. The summed E-state index contributed by atoms with van der Waals surface area (Å²) in [5, 5.41) is 12.3. The van der Waals surface area contributed by atoms with E-state index in [1.54, 1.807) is 6.07 Å². The molecule has 1 aliphatic heterocycles. The van der Waals surface area contributed by atoms with Crippen LogP contribution in [0, 0.1) is 0 Å². The summed E-state index contributed by atoms with van der Waals surface area (Å²) in [6, 6.07) is 8.74. The second-order valence-electron chi connectivity index (χ2n) is 5.84. The first-order valence-corrected chi connectivity index (χ1v) is 8.15. The highest BCUT2D eigenvalue weighted by Crippen LogP contribution is 2.38. The molecule has 2 aromatic carbocycles. The number of carbonyl (C=O) groups is 1. The van der Waals surface area contributed by atoms with Crippen LogP contribution < -0.4 is 10.1 Å². The minimum atomic E-state index is -3.02. The predicted octanol–water partition coefficient (Wildman–Crippen LogP) is 4.91. The van der Waals surface area contributed by atoms with Gasteiger partial charge in [0.1, 0.15) is 12.4 Å². The lowest BCUT2D eigenvalue weighted by Crippen LogP contribution is -2.17. The molecule has 0 aliphatic carbocycles. The molecular formula is C18H16ClF2NO3. The summed E-state index contributed by atoms with van der Waals surface area (Å²) >= 11 is 5.89. The molecule has 0 unspecified atom stereocenters. The van der Waals surface area contributed by atoms with Gasteiger partial charge in [-0.2, -0.15) is 0 Å². The summed E-state index contributed by atoms with van der Waals surface area (Å²) in [6.45, 7) is 0.202. The minimum absolute atomic E-state index is 0.0663. The molecule has 0 saturated carbocycles. The van der Waals surface area contributed by atoms with Crippen molar-refractivity contribution in [2.75, 3.05) is 11.9 Å². The summed E-state index contributed by atoms with van der Waals surface area (Å²) in [5.74, 6) is -3.67. The van der Waals surface area contributed by atoms with E-state index in [0.29, 0.717) is 17.0 Å². The summed E-state index contributed by atoms with van der Waals surface area (Å²) < 4.78 is 34.8. The van der Waals surface area contributed by atoms with Crippen LogP contribution in [0.25, 0.3) is 0 Å². The van der Waals surface area contributed by atoms with Crippen LogP contribution in [-0.2, 0) is 12.5 Å². The fourth-order valence-electron chi connectivity index (χ4n) is 2.77. The zero-order valence-electron chi connectivity index (χ0n) is 13.2. The van der Waals surface area contributed by atoms with Crippen molar-refractivity contribution in [2.24, 2.45) is 0 Å². The van der Waals surface area contributed by atoms with Crippen LogP contribution in [0.4, 0.5) is 14.5 Å². The van der Waals surface area contributed by atoms with Crippen LogP contribution in [0.2, 0.25) is 5.02 Å². The number of aromatic carboxylic acids is 1. The lowest BCUT2D eigenvalue weighted by molar-refractivity contribution is -0.0158. The van der Waals surface area contributed by atoms with Gasteiger partial charge in [0.25, 0.3) is 5.92 Å². The zero-order chi connectivity index (χ0) is 18.0. The monoisotopic (exact) mass is 367 g/mol. The van der Waals surface area contributed by atoms with Gasteiger partial charge in [-0.1, -0.05) is 17.7 Å². The van der Waals surface area contributed by atoms with E-state index >= 15 is 0 Å². The summed E-state index contributed by atoms with van der Waals surface area (Å²) in [7, 11) is 0. The number of benzene rings is 2. The molecule has 3 rings (SSSR count). The third kappa shape index (κ3) is 3.85. The van der Waals surface area contributed by atoms with Crippen LogP contribution in [0.15, 0.2) is 36.4 Å². The summed E-state index contributed by atoms with van der Waals surface area (Å²) in [5.41, 5.74) is 0.790. The van der Waals surface area contributed by atoms with Crippen molar-refractivity contribution in [3.8, 4) is 5.75 Å². The van der Waals surface area contributed by atoms with Gasteiger partial charge in [0, 0.05) is 23.6 Å². The van der Waals surface area contributed by atoms with Gasteiger partial charge in [0.05, 0.1) is 11.3 Å². The molecule has 0 aromatic heterocycles. The fourth-order valence-corrected chi connectivity index (χ4v) is 2.94. The maximum Gasteiger partial charge on any atom is 0.335 e. The Labute approximate surface area is 148 Å². The van der Waals surface area contributed by atoms with Crippen molar-refractivity contribution < 1.29 is 23.4 Å². The Hall–Kier alpha value is -2.34. The van der Waals surface area contributed by atoms with Gasteiger partial charge in [-0.05, 0) is 42.3 Å². The molecule has 0 spiro atoms. The fraction of sp³-hybridized carbons (Fsp3) is 0.278. The molecule has 0 fully saturated rings. The van der Waals surface area contributed by atoms with Crippen molar-refractivity contribution in [3.05, 3.63) is 58.1 Å². The van der Waals surface area contributed by atoms with Crippen molar-refractivity contribution in [1.82, 2.24) is 0 Å². The first kappa shape index (κ1) is 17.5. The van der Waals surface area contributed by atoms with Gasteiger partial charge in [-0.15, -0.1) is 0 Å². The largest absolute Gasteiger partial charge is 0.487 e. The second-order valence-corrected chi connectivity index (χ2v) is 6.28. The molecule has 2 N–H and O–H groups in total. The van der Waals surface area contributed by atoms with Crippen molar-refractivity contribution in [3.63, 3.8) is 0 Å². The number of alkyl halides is 2. The number of ether oxygens (including phenoxy) is 1. The SMILES string of the molecule is O=C(O)c1ccc2c(c1)NCCCC(F)(F)c1cc(Cl)ccc1CO2. The smallest absolute Gasteiger partial charge is 0.335 e. The Morgan fingerprint density at radius 3 is 2.80 bits per heavy atom. The number of rotatable bonds is 1. The topological polar surface area (TPSA) is 58.6 Å². The maximum atomic E-state index is 14.5. The van der Waals surface area contributed by atoms with Crippen LogP contribution in [0.3, 0.4) is 0 Å². The quantitative estimate of drug-likeness (QED) is 0.751. The van der Waals surface area contributed by atoms with Gasteiger partial charge in [0.2, 0.25) is 0 Å². The van der Waals surface area contributed by atoms with Crippen LogP contribution >= 0.6 is 11.6 Å². The Kier molecular flexibility index (Phi) is 4.81. The lowest BCUT2D eigenvalue weighted by Gasteiger charge is -2.20. The normalized spacial score (nSPS) is 16.4. The average Bonchev–Trinajstić information content (AvgIpc) is 2.59. The van der Waals surface area contributed by atoms with Gasteiger partial charge in [-0.25, -0.2) is 13.6 Å². The highest BCUT2D eigenvalue weighted by molar-refractivity contribution is 6.30. The van der Waals surface area contributed by atoms with Crippen molar-refractivity contribution in [1.29, 1.82) is 0 Å². The van der Waals surface area contributed by atoms with Crippen LogP contribution in [0.1, 0.15) is 34.3 Å². The molecule has 7 heteroatoms. The number of hydrogen-bond acceptors (Lipinski definition) is 3. The highest BCUT2D eigenvalue weighted by Gasteiger charge is 2.34. The molecule has 1 heterocycles. The molecule has 132 valence electrons. The number of carboxylic acid groups (broad SMARTS) is 1. The number of anilines is 1. The van der Waals surface area contributed by atoms with Crippen LogP contribution in [0.5, 0.6) is 5.75 Å². The third-order valence-corrected chi connectivity index (χ3v) is 4.29. The Balaban J connectivity index is 1.99. The number of nitrogens with one attached hydrogen (secondary N) is 1. The average molecular weight is 368 g/mol. The van der Waals surface area contributed by atoms with E-state index in [0.717, 1.165) is 0 Å². The minimum Gasteiger partial charge on any atom is -0.487 e. The van der Waals surface area contributed by atoms with Gasteiger partial charge < -0.3 is 15.2 Å². The van der Waals surface area contributed by atoms with E-state index in [-0.39, 0.29) is 42.1 Å². The number of hydrogen-bond donors (Lipinski definition) is 2. The van der Waals surface area contributed by atoms with Gasteiger partial charge in [0.15, 0.2) is 0 Å². The Morgan fingerprint density at radius 2 is 2.04 bits per heavy atom. The van der Waals surface area contributed by atoms with E-state index in [1.165, 1.54) is 30.3 Å². The number of carboxylic acids is 1. The summed E-state index contributed by atoms with van der Waals surface area (Å²) in [4.78, 5) is 11.1. The van der Waals surface area contributed by atoms with Gasteiger partial charge >= 0.3 is 5.97 Å². The second kappa shape index (κ2) is 6.88. The molecule has 0 saturated heterocycles. The number of halogens is 3. The third-order valence-electron chi connectivity index (χ3n) is 4.06. The molecule has 0 amide bonds. The van der Waals surface area contributed by atoms with Crippen LogP contribution in [-0.4, -0.2) is 17.6 Å². The number of fused-ring (bicyclic) bond motifs is 2. The molecule has 25 heavy (non-hydrogen) atoms. The van der Waals surface area contributed by atoms with E-state index in [1.807, 2.05) is 0 Å². The molecule has 2 aromatic rings. The van der Waals surface area contributed by atoms with Crippen molar-refractivity contribution >= 4 is 23.3 Å². The maximum absolute atomic E-state index is 14.5. The molecule has 0 atom stereocenters. The van der Waals surface area contributed by atoms with E-state index in [4.69, 9.17) is 21.4 Å².